The number of nitrogen functional groups attached to an aromatic ring is 1. The molecule has 0 spiro atoms. The zero-order valence-corrected chi connectivity index (χ0v) is 10.8. The number of anilines is 1. The number of esters is 1. The second kappa shape index (κ2) is 6.01. The SMILES string of the molecule is COC(=O)CC(C)Sc1ccc(Cl)cc1N. The van der Waals surface area contributed by atoms with E-state index >= 15 is 0 Å². The number of thioether (sulfide) groups is 1. The van der Waals surface area contributed by atoms with Crippen LogP contribution in [0.2, 0.25) is 5.02 Å². The standard InChI is InChI=1S/C11H14ClNO2S/c1-7(5-11(14)15-2)16-10-4-3-8(12)6-9(10)13/h3-4,6-7H,5,13H2,1-2H3. The Kier molecular flexibility index (Phi) is 4.96. The highest BCUT2D eigenvalue weighted by molar-refractivity contribution is 8.00. The first-order valence-electron chi connectivity index (χ1n) is 4.81. The van der Waals surface area contributed by atoms with Crippen LogP contribution < -0.4 is 5.73 Å². The lowest BCUT2D eigenvalue weighted by molar-refractivity contribution is -0.140. The summed E-state index contributed by atoms with van der Waals surface area (Å²) in [6, 6.07) is 5.34. The van der Waals surface area contributed by atoms with E-state index in [4.69, 9.17) is 17.3 Å². The molecule has 0 saturated heterocycles. The summed E-state index contributed by atoms with van der Waals surface area (Å²) < 4.78 is 4.60. The molecule has 1 unspecified atom stereocenters. The Balaban J connectivity index is 2.62. The van der Waals surface area contributed by atoms with Gasteiger partial charge >= 0.3 is 5.97 Å². The minimum Gasteiger partial charge on any atom is -0.469 e. The molecule has 0 aliphatic heterocycles. The molecule has 88 valence electrons. The van der Waals surface area contributed by atoms with Gasteiger partial charge in [0.1, 0.15) is 0 Å². The Morgan fingerprint density at radius 3 is 2.88 bits per heavy atom. The quantitative estimate of drug-likeness (QED) is 0.513. The molecule has 1 aromatic carbocycles. The molecule has 1 aromatic rings. The number of hydrogen-bond acceptors (Lipinski definition) is 4. The van der Waals surface area contributed by atoms with E-state index < -0.39 is 0 Å². The van der Waals surface area contributed by atoms with Crippen molar-refractivity contribution in [2.45, 2.75) is 23.5 Å². The van der Waals surface area contributed by atoms with Gasteiger partial charge in [0, 0.05) is 20.9 Å². The molecule has 0 bridgehead atoms. The number of nitrogens with two attached hydrogens (primary N) is 1. The first-order valence-corrected chi connectivity index (χ1v) is 6.07. The predicted molar refractivity (Wildman–Crippen MR) is 67.8 cm³/mol. The molecule has 16 heavy (non-hydrogen) atoms. The highest BCUT2D eigenvalue weighted by atomic mass is 35.5. The number of carbonyl (C=O) groups excluding carboxylic acids is 1. The van der Waals surface area contributed by atoms with Crippen LogP contribution in [0.3, 0.4) is 0 Å². The Morgan fingerprint density at radius 1 is 1.62 bits per heavy atom. The summed E-state index contributed by atoms with van der Waals surface area (Å²) in [5.74, 6) is -0.215. The summed E-state index contributed by atoms with van der Waals surface area (Å²) in [5, 5.41) is 0.735. The first kappa shape index (κ1) is 13.2. The molecule has 0 aromatic heterocycles. The van der Waals surface area contributed by atoms with Gasteiger partial charge in [-0.25, -0.2) is 0 Å². The maximum absolute atomic E-state index is 11.1. The molecule has 3 nitrogen and oxygen atoms in total. The molecule has 0 radical (unpaired) electrons. The van der Waals surface area contributed by atoms with Crippen LogP contribution in [0, 0.1) is 0 Å². The zero-order chi connectivity index (χ0) is 12.1. The molecule has 2 N–H and O–H groups in total. The van der Waals surface area contributed by atoms with E-state index in [1.807, 2.05) is 13.0 Å². The summed E-state index contributed by atoms with van der Waals surface area (Å²) in [6.07, 6.45) is 0.364. The summed E-state index contributed by atoms with van der Waals surface area (Å²) in [4.78, 5) is 12.0. The van der Waals surface area contributed by atoms with Crippen molar-refractivity contribution >= 4 is 35.0 Å². The van der Waals surface area contributed by atoms with Crippen LogP contribution in [0.4, 0.5) is 5.69 Å². The lowest BCUT2D eigenvalue weighted by atomic mass is 10.3. The van der Waals surface area contributed by atoms with Crippen molar-refractivity contribution in [3.63, 3.8) is 0 Å². The maximum atomic E-state index is 11.1. The van der Waals surface area contributed by atoms with Gasteiger partial charge in [-0.3, -0.25) is 4.79 Å². The number of carbonyl (C=O) groups is 1. The van der Waals surface area contributed by atoms with E-state index in [9.17, 15) is 4.79 Å². The lowest BCUT2D eigenvalue weighted by Crippen LogP contribution is -2.08. The molecule has 0 fully saturated rings. The van der Waals surface area contributed by atoms with Crippen LogP contribution in [0.5, 0.6) is 0 Å². The van der Waals surface area contributed by atoms with Gasteiger partial charge in [0.2, 0.25) is 0 Å². The Labute approximate surface area is 104 Å². The fourth-order valence-corrected chi connectivity index (χ4v) is 2.38. The van der Waals surface area contributed by atoms with Crippen molar-refractivity contribution in [3.05, 3.63) is 23.2 Å². The molecule has 1 atom stereocenters. The van der Waals surface area contributed by atoms with E-state index in [2.05, 4.69) is 4.74 Å². The van der Waals surface area contributed by atoms with Gasteiger partial charge in [0.15, 0.2) is 0 Å². The number of rotatable bonds is 4. The lowest BCUT2D eigenvalue weighted by Gasteiger charge is -2.11. The predicted octanol–water partition coefficient (Wildman–Crippen LogP) is 2.97. The van der Waals surface area contributed by atoms with Gasteiger partial charge in [-0.2, -0.15) is 0 Å². The average Bonchev–Trinajstić information content (AvgIpc) is 2.22. The van der Waals surface area contributed by atoms with Crippen LogP contribution in [-0.2, 0) is 9.53 Å². The van der Waals surface area contributed by atoms with Gasteiger partial charge in [0.05, 0.1) is 13.5 Å². The van der Waals surface area contributed by atoms with Crippen molar-refractivity contribution < 1.29 is 9.53 Å². The summed E-state index contributed by atoms with van der Waals surface area (Å²) in [5.41, 5.74) is 6.45. The van der Waals surface area contributed by atoms with E-state index in [0.717, 1.165) is 4.90 Å². The van der Waals surface area contributed by atoms with E-state index in [0.29, 0.717) is 17.1 Å². The van der Waals surface area contributed by atoms with Crippen molar-refractivity contribution in [2.75, 3.05) is 12.8 Å². The molecule has 0 heterocycles. The van der Waals surface area contributed by atoms with Crippen molar-refractivity contribution in [3.8, 4) is 0 Å². The first-order chi connectivity index (χ1) is 7.52. The normalized spacial score (nSPS) is 12.2. The Bertz CT molecular complexity index is 384. The average molecular weight is 260 g/mol. The van der Waals surface area contributed by atoms with Crippen LogP contribution in [0.15, 0.2) is 23.1 Å². The fourth-order valence-electron chi connectivity index (χ4n) is 1.20. The smallest absolute Gasteiger partial charge is 0.306 e. The fraction of sp³-hybridized carbons (Fsp3) is 0.364. The second-order valence-electron chi connectivity index (χ2n) is 3.39. The topological polar surface area (TPSA) is 52.3 Å². The van der Waals surface area contributed by atoms with Crippen LogP contribution in [0.25, 0.3) is 0 Å². The van der Waals surface area contributed by atoms with Crippen molar-refractivity contribution in [1.82, 2.24) is 0 Å². The van der Waals surface area contributed by atoms with E-state index in [1.54, 1.807) is 12.1 Å². The molecule has 0 saturated carbocycles. The summed E-state index contributed by atoms with van der Waals surface area (Å²) in [7, 11) is 1.39. The van der Waals surface area contributed by atoms with Crippen LogP contribution in [-0.4, -0.2) is 18.3 Å². The molecular formula is C11H14ClNO2S. The van der Waals surface area contributed by atoms with Gasteiger partial charge < -0.3 is 10.5 Å². The van der Waals surface area contributed by atoms with Gasteiger partial charge in [-0.05, 0) is 18.2 Å². The Hall–Kier alpha value is -0.870. The van der Waals surface area contributed by atoms with Crippen molar-refractivity contribution in [2.24, 2.45) is 0 Å². The molecule has 0 aliphatic rings. The number of benzene rings is 1. The number of ether oxygens (including phenoxy) is 1. The maximum Gasteiger partial charge on any atom is 0.306 e. The zero-order valence-electron chi connectivity index (χ0n) is 9.20. The highest BCUT2D eigenvalue weighted by Gasteiger charge is 2.12. The number of hydrogen-bond donors (Lipinski definition) is 1. The third kappa shape index (κ3) is 3.94. The molecule has 5 heteroatoms. The Morgan fingerprint density at radius 2 is 2.31 bits per heavy atom. The minimum atomic E-state index is -0.215. The molecule has 1 rings (SSSR count). The number of halogens is 1. The van der Waals surface area contributed by atoms with Crippen LogP contribution in [0.1, 0.15) is 13.3 Å². The van der Waals surface area contributed by atoms with Gasteiger partial charge in [-0.1, -0.05) is 18.5 Å². The largest absolute Gasteiger partial charge is 0.469 e. The van der Waals surface area contributed by atoms with E-state index in [1.165, 1.54) is 18.9 Å². The van der Waals surface area contributed by atoms with Crippen molar-refractivity contribution in [1.29, 1.82) is 0 Å². The third-order valence-electron chi connectivity index (χ3n) is 1.98. The molecule has 0 amide bonds. The van der Waals surface area contributed by atoms with Gasteiger partial charge in [0.25, 0.3) is 0 Å². The minimum absolute atomic E-state index is 0.121. The van der Waals surface area contributed by atoms with Crippen LogP contribution >= 0.6 is 23.4 Å². The molecular weight excluding hydrogens is 246 g/mol. The third-order valence-corrected chi connectivity index (χ3v) is 3.41. The summed E-state index contributed by atoms with van der Waals surface area (Å²) in [6.45, 7) is 1.95. The number of methoxy groups -OCH3 is 1. The highest BCUT2D eigenvalue weighted by Crippen LogP contribution is 2.31. The second-order valence-corrected chi connectivity index (χ2v) is 5.31. The summed E-state index contributed by atoms with van der Waals surface area (Å²) >= 11 is 7.34. The van der Waals surface area contributed by atoms with Gasteiger partial charge in [-0.15, -0.1) is 11.8 Å². The molecule has 0 aliphatic carbocycles. The van der Waals surface area contributed by atoms with E-state index in [-0.39, 0.29) is 11.2 Å². The monoisotopic (exact) mass is 259 g/mol.